The van der Waals surface area contributed by atoms with Gasteiger partial charge >= 0.3 is 0 Å². The Hall–Kier alpha value is -2.48. The quantitative estimate of drug-likeness (QED) is 0.593. The predicted octanol–water partition coefficient (Wildman–Crippen LogP) is 3.40. The second-order valence-corrected chi connectivity index (χ2v) is 5.92. The molecule has 0 bridgehead atoms. The van der Waals surface area contributed by atoms with E-state index in [2.05, 4.69) is 6.92 Å². The maximum Gasteiger partial charge on any atom is 0.264 e. The van der Waals surface area contributed by atoms with E-state index in [0.717, 1.165) is 37.9 Å². The van der Waals surface area contributed by atoms with Gasteiger partial charge in [0.25, 0.3) is 5.91 Å². The molecule has 1 aromatic rings. The first-order valence-corrected chi connectivity index (χ1v) is 8.34. The highest BCUT2D eigenvalue weighted by molar-refractivity contribution is 6.01. The lowest BCUT2D eigenvalue weighted by atomic mass is 10.1. The van der Waals surface area contributed by atoms with Crippen LogP contribution in [0.15, 0.2) is 23.8 Å². The number of likely N-dealkylation sites (tertiary alicyclic amines) is 1. The summed E-state index contributed by atoms with van der Waals surface area (Å²) in [5, 5.41) is 9.33. The molecular formula is C19H24N2O3. The minimum absolute atomic E-state index is 0.0895. The van der Waals surface area contributed by atoms with Gasteiger partial charge in [0.1, 0.15) is 11.6 Å². The molecule has 0 unspecified atom stereocenters. The highest BCUT2D eigenvalue weighted by Crippen LogP contribution is 2.30. The molecule has 0 aliphatic carbocycles. The van der Waals surface area contributed by atoms with Gasteiger partial charge in [-0.2, -0.15) is 5.26 Å². The molecule has 128 valence electrons. The summed E-state index contributed by atoms with van der Waals surface area (Å²) in [7, 11) is 1.58. The predicted molar refractivity (Wildman–Crippen MR) is 92.8 cm³/mol. The molecule has 0 saturated carbocycles. The van der Waals surface area contributed by atoms with Gasteiger partial charge in [0.05, 0.1) is 13.2 Å². The van der Waals surface area contributed by atoms with E-state index in [4.69, 9.17) is 9.47 Å². The Bertz CT molecular complexity index is 655. The van der Waals surface area contributed by atoms with Crippen molar-refractivity contribution in [1.29, 1.82) is 5.26 Å². The van der Waals surface area contributed by atoms with Crippen molar-refractivity contribution in [3.05, 3.63) is 29.3 Å². The van der Waals surface area contributed by atoms with Crippen molar-refractivity contribution in [1.82, 2.24) is 4.90 Å². The maximum atomic E-state index is 12.4. The smallest absolute Gasteiger partial charge is 0.264 e. The zero-order chi connectivity index (χ0) is 17.5. The van der Waals surface area contributed by atoms with Crippen LogP contribution < -0.4 is 9.47 Å². The largest absolute Gasteiger partial charge is 0.493 e. The fourth-order valence-electron chi connectivity index (χ4n) is 2.57. The molecule has 1 heterocycles. The van der Waals surface area contributed by atoms with E-state index in [1.165, 1.54) is 0 Å². The van der Waals surface area contributed by atoms with E-state index in [-0.39, 0.29) is 17.6 Å². The number of carbonyl (C=O) groups is 1. The average Bonchev–Trinajstić information content (AvgIpc) is 3.14. The molecule has 1 aliphatic rings. The molecule has 0 N–H and O–H groups in total. The lowest BCUT2D eigenvalue weighted by Crippen LogP contribution is -2.28. The monoisotopic (exact) mass is 328 g/mol. The van der Waals surface area contributed by atoms with Crippen LogP contribution in [0.4, 0.5) is 0 Å². The average molecular weight is 328 g/mol. The molecule has 0 spiro atoms. The summed E-state index contributed by atoms with van der Waals surface area (Å²) < 4.78 is 11.2. The number of rotatable bonds is 6. The van der Waals surface area contributed by atoms with Crippen LogP contribution in [0.25, 0.3) is 6.08 Å². The summed E-state index contributed by atoms with van der Waals surface area (Å²) in [6, 6.07) is 7.44. The number of carbonyl (C=O) groups excluding carboxylic acids is 1. The van der Waals surface area contributed by atoms with Crippen LogP contribution in [0.1, 0.15) is 38.7 Å². The lowest BCUT2D eigenvalue weighted by molar-refractivity contribution is -0.125. The highest BCUT2D eigenvalue weighted by atomic mass is 16.5. The number of hydrogen-bond donors (Lipinski definition) is 0. The Morgan fingerprint density at radius 3 is 2.67 bits per heavy atom. The van der Waals surface area contributed by atoms with Crippen LogP contribution in [-0.4, -0.2) is 37.1 Å². The van der Waals surface area contributed by atoms with Gasteiger partial charge < -0.3 is 14.4 Å². The lowest BCUT2D eigenvalue weighted by Gasteiger charge is -2.16. The Kier molecular flexibility index (Phi) is 6.25. The summed E-state index contributed by atoms with van der Waals surface area (Å²) in [5.74, 6) is 1.05. The van der Waals surface area contributed by atoms with Crippen LogP contribution >= 0.6 is 0 Å². The Labute approximate surface area is 143 Å². The summed E-state index contributed by atoms with van der Waals surface area (Å²) in [4.78, 5) is 14.1. The van der Waals surface area contributed by atoms with Crippen LogP contribution in [-0.2, 0) is 4.79 Å². The van der Waals surface area contributed by atoms with Crippen molar-refractivity contribution in [3.63, 3.8) is 0 Å². The van der Waals surface area contributed by atoms with Gasteiger partial charge in [-0.15, -0.1) is 0 Å². The Morgan fingerprint density at radius 1 is 1.38 bits per heavy atom. The minimum atomic E-state index is -0.200. The molecule has 1 aromatic carbocycles. The summed E-state index contributed by atoms with van der Waals surface area (Å²) in [6.45, 7) is 5.50. The van der Waals surface area contributed by atoms with E-state index in [0.29, 0.717) is 11.5 Å². The molecule has 0 radical (unpaired) electrons. The van der Waals surface area contributed by atoms with Gasteiger partial charge in [0.15, 0.2) is 11.5 Å². The molecule has 1 amide bonds. The van der Waals surface area contributed by atoms with Crippen molar-refractivity contribution in [2.45, 2.75) is 39.2 Å². The van der Waals surface area contributed by atoms with Crippen molar-refractivity contribution in [3.8, 4) is 17.6 Å². The summed E-state index contributed by atoms with van der Waals surface area (Å²) in [6.07, 6.45) is 4.59. The highest BCUT2D eigenvalue weighted by Gasteiger charge is 2.21. The molecule has 0 aromatic heterocycles. The molecule has 1 fully saturated rings. The van der Waals surface area contributed by atoms with E-state index >= 15 is 0 Å². The summed E-state index contributed by atoms with van der Waals surface area (Å²) >= 11 is 0. The first kappa shape index (κ1) is 17.9. The first-order chi connectivity index (χ1) is 11.6. The molecule has 1 atom stereocenters. The number of ether oxygens (including phenoxy) is 2. The second kappa shape index (κ2) is 8.39. The summed E-state index contributed by atoms with van der Waals surface area (Å²) in [5.41, 5.74) is 0.891. The third-order valence-corrected chi connectivity index (χ3v) is 4.15. The fourth-order valence-corrected chi connectivity index (χ4v) is 2.57. The van der Waals surface area contributed by atoms with Gasteiger partial charge in [-0.25, -0.2) is 0 Å². The van der Waals surface area contributed by atoms with Crippen LogP contribution in [0.5, 0.6) is 11.5 Å². The molecule has 1 aliphatic heterocycles. The van der Waals surface area contributed by atoms with Crippen molar-refractivity contribution < 1.29 is 14.3 Å². The third kappa shape index (κ3) is 4.29. The molecule has 2 rings (SSSR count). The Balaban J connectivity index is 2.23. The number of nitrogens with zero attached hydrogens (tertiary/aromatic N) is 2. The van der Waals surface area contributed by atoms with E-state index in [9.17, 15) is 10.1 Å². The number of benzene rings is 1. The number of hydrogen-bond acceptors (Lipinski definition) is 4. The van der Waals surface area contributed by atoms with Gasteiger partial charge in [-0.3, -0.25) is 4.79 Å². The first-order valence-electron chi connectivity index (χ1n) is 8.34. The van der Waals surface area contributed by atoms with E-state index in [1.54, 1.807) is 24.2 Å². The second-order valence-electron chi connectivity index (χ2n) is 5.92. The topological polar surface area (TPSA) is 62.6 Å². The number of methoxy groups -OCH3 is 1. The van der Waals surface area contributed by atoms with E-state index < -0.39 is 0 Å². The Morgan fingerprint density at radius 2 is 2.08 bits per heavy atom. The van der Waals surface area contributed by atoms with Gasteiger partial charge in [-0.05, 0) is 50.0 Å². The van der Waals surface area contributed by atoms with Crippen LogP contribution in [0.2, 0.25) is 0 Å². The molecule has 5 nitrogen and oxygen atoms in total. The van der Waals surface area contributed by atoms with Crippen LogP contribution in [0, 0.1) is 11.3 Å². The molecular weight excluding hydrogens is 304 g/mol. The number of amides is 1. The van der Waals surface area contributed by atoms with Crippen molar-refractivity contribution in [2.75, 3.05) is 20.2 Å². The normalized spacial score (nSPS) is 15.8. The minimum Gasteiger partial charge on any atom is -0.493 e. The van der Waals surface area contributed by atoms with E-state index in [1.807, 2.05) is 25.1 Å². The zero-order valence-electron chi connectivity index (χ0n) is 14.5. The molecule has 5 heteroatoms. The standard InChI is InChI=1S/C19H24N2O3/c1-4-14(2)24-17-8-7-15(12-18(17)23-3)11-16(13-20)19(22)21-9-5-6-10-21/h7-8,11-12,14H,4-6,9-10H2,1-3H3/b16-11+/t14-/m0/s1. The zero-order valence-corrected chi connectivity index (χ0v) is 14.5. The maximum absolute atomic E-state index is 12.4. The van der Waals surface area contributed by atoms with Crippen LogP contribution in [0.3, 0.4) is 0 Å². The van der Waals surface area contributed by atoms with Crippen molar-refractivity contribution >= 4 is 12.0 Å². The molecule has 1 saturated heterocycles. The van der Waals surface area contributed by atoms with Gasteiger partial charge in [0.2, 0.25) is 0 Å². The SMILES string of the molecule is CC[C@H](C)Oc1ccc(/C=C(\C#N)C(=O)N2CCCC2)cc1OC. The fraction of sp³-hybridized carbons (Fsp3) is 0.474. The third-order valence-electron chi connectivity index (χ3n) is 4.15. The van der Waals surface area contributed by atoms with Crippen molar-refractivity contribution in [2.24, 2.45) is 0 Å². The van der Waals surface area contributed by atoms with Gasteiger partial charge in [0, 0.05) is 13.1 Å². The molecule has 24 heavy (non-hydrogen) atoms. The number of nitriles is 1. The van der Waals surface area contributed by atoms with Gasteiger partial charge in [-0.1, -0.05) is 13.0 Å².